The molecule has 3 heteroatoms. The molecule has 1 atom stereocenters. The molecule has 0 spiro atoms. The summed E-state index contributed by atoms with van der Waals surface area (Å²) < 4.78 is 0. The fourth-order valence-corrected chi connectivity index (χ4v) is 2.54. The molecule has 2 aromatic heterocycles. The van der Waals surface area contributed by atoms with Crippen LogP contribution in [0.1, 0.15) is 28.6 Å². The van der Waals surface area contributed by atoms with Crippen LogP contribution in [0.4, 0.5) is 0 Å². The second kappa shape index (κ2) is 4.76. The van der Waals surface area contributed by atoms with E-state index in [0.717, 1.165) is 17.8 Å². The molecule has 84 valence electrons. The molecule has 0 aliphatic rings. The van der Waals surface area contributed by atoms with Crippen LogP contribution in [0.15, 0.2) is 29.0 Å². The molecule has 2 aromatic rings. The molecule has 0 amide bonds. The van der Waals surface area contributed by atoms with Crippen LogP contribution in [0.5, 0.6) is 0 Å². The fourth-order valence-electron chi connectivity index (χ4n) is 1.86. The third-order valence-corrected chi connectivity index (χ3v) is 3.30. The van der Waals surface area contributed by atoms with E-state index in [-0.39, 0.29) is 6.04 Å². The molecule has 0 aliphatic heterocycles. The molecule has 1 unspecified atom stereocenters. The lowest BCUT2D eigenvalue weighted by molar-refractivity contribution is 0.719. The third kappa shape index (κ3) is 2.68. The molecule has 0 bridgehead atoms. The van der Waals surface area contributed by atoms with E-state index in [9.17, 15) is 0 Å². The van der Waals surface area contributed by atoms with Gasteiger partial charge in [-0.15, -0.1) is 0 Å². The van der Waals surface area contributed by atoms with Gasteiger partial charge in [-0.3, -0.25) is 4.98 Å². The molecule has 0 radical (unpaired) electrons. The maximum absolute atomic E-state index is 6.20. The van der Waals surface area contributed by atoms with Gasteiger partial charge in [-0.25, -0.2) is 0 Å². The van der Waals surface area contributed by atoms with Crippen LogP contribution < -0.4 is 5.73 Å². The lowest BCUT2D eigenvalue weighted by Crippen LogP contribution is -2.13. The fraction of sp³-hybridized carbons (Fsp3) is 0.308. The highest BCUT2D eigenvalue weighted by Crippen LogP contribution is 2.18. The Morgan fingerprint density at radius 2 is 2.00 bits per heavy atom. The van der Waals surface area contributed by atoms with Crippen LogP contribution in [-0.4, -0.2) is 4.98 Å². The number of nitrogens with two attached hydrogens (primary N) is 1. The normalized spacial score (nSPS) is 12.7. The summed E-state index contributed by atoms with van der Waals surface area (Å²) in [7, 11) is 0. The average molecular weight is 232 g/mol. The Morgan fingerprint density at radius 1 is 1.31 bits per heavy atom. The number of aromatic nitrogens is 1. The van der Waals surface area contributed by atoms with Crippen molar-refractivity contribution >= 4 is 11.3 Å². The molecule has 0 saturated carbocycles. The summed E-state index contributed by atoms with van der Waals surface area (Å²) in [6, 6.07) is 6.34. The van der Waals surface area contributed by atoms with E-state index in [2.05, 4.69) is 33.9 Å². The van der Waals surface area contributed by atoms with Crippen LogP contribution >= 0.6 is 11.3 Å². The maximum atomic E-state index is 6.20. The summed E-state index contributed by atoms with van der Waals surface area (Å²) in [5, 5.41) is 4.24. The molecule has 16 heavy (non-hydrogen) atoms. The molecule has 2 heterocycles. The average Bonchev–Trinajstić information content (AvgIpc) is 2.68. The van der Waals surface area contributed by atoms with Crippen molar-refractivity contribution in [3.05, 3.63) is 51.5 Å². The molecule has 0 aliphatic carbocycles. The van der Waals surface area contributed by atoms with Crippen molar-refractivity contribution in [2.45, 2.75) is 26.3 Å². The van der Waals surface area contributed by atoms with Gasteiger partial charge in [0.1, 0.15) is 0 Å². The van der Waals surface area contributed by atoms with Gasteiger partial charge >= 0.3 is 0 Å². The van der Waals surface area contributed by atoms with Gasteiger partial charge in [0.2, 0.25) is 0 Å². The minimum absolute atomic E-state index is 0.0648. The largest absolute Gasteiger partial charge is 0.324 e. The molecule has 2 nitrogen and oxygen atoms in total. The van der Waals surface area contributed by atoms with Gasteiger partial charge in [-0.1, -0.05) is 0 Å². The first kappa shape index (κ1) is 11.3. The van der Waals surface area contributed by atoms with E-state index in [1.54, 1.807) is 11.3 Å². The van der Waals surface area contributed by atoms with E-state index >= 15 is 0 Å². The number of hydrogen-bond donors (Lipinski definition) is 1. The van der Waals surface area contributed by atoms with Gasteiger partial charge in [-0.05, 0) is 60.4 Å². The zero-order valence-electron chi connectivity index (χ0n) is 9.60. The van der Waals surface area contributed by atoms with E-state index in [4.69, 9.17) is 5.73 Å². The van der Waals surface area contributed by atoms with Gasteiger partial charge in [0.25, 0.3) is 0 Å². The maximum Gasteiger partial charge on any atom is 0.0379 e. The van der Waals surface area contributed by atoms with Crippen molar-refractivity contribution in [1.82, 2.24) is 4.98 Å². The summed E-state index contributed by atoms with van der Waals surface area (Å²) >= 11 is 1.72. The number of hydrogen-bond acceptors (Lipinski definition) is 3. The first-order valence-electron chi connectivity index (χ1n) is 5.37. The second-order valence-corrected chi connectivity index (χ2v) is 4.91. The van der Waals surface area contributed by atoms with E-state index in [1.165, 1.54) is 11.1 Å². The highest BCUT2D eigenvalue weighted by Gasteiger charge is 2.08. The molecule has 0 fully saturated rings. The monoisotopic (exact) mass is 232 g/mol. The van der Waals surface area contributed by atoms with Crippen LogP contribution in [0.2, 0.25) is 0 Å². The number of aryl methyl sites for hydroxylation is 2. The Balaban J connectivity index is 2.17. The van der Waals surface area contributed by atoms with Gasteiger partial charge < -0.3 is 5.73 Å². The molecule has 2 N–H and O–H groups in total. The zero-order valence-corrected chi connectivity index (χ0v) is 10.4. The van der Waals surface area contributed by atoms with Gasteiger partial charge in [0, 0.05) is 17.4 Å². The topological polar surface area (TPSA) is 38.9 Å². The van der Waals surface area contributed by atoms with Gasteiger partial charge in [-0.2, -0.15) is 11.3 Å². The minimum atomic E-state index is 0.0648. The predicted octanol–water partition coefficient (Wildman–Crippen LogP) is 3.00. The van der Waals surface area contributed by atoms with Crippen molar-refractivity contribution in [3.63, 3.8) is 0 Å². The zero-order chi connectivity index (χ0) is 11.5. The number of pyridine rings is 1. The van der Waals surface area contributed by atoms with Gasteiger partial charge in [0.05, 0.1) is 0 Å². The van der Waals surface area contributed by atoms with Crippen LogP contribution in [-0.2, 0) is 6.42 Å². The van der Waals surface area contributed by atoms with Crippen LogP contribution in [0, 0.1) is 13.8 Å². The van der Waals surface area contributed by atoms with Crippen molar-refractivity contribution in [1.29, 1.82) is 0 Å². The third-order valence-electron chi connectivity index (χ3n) is 2.57. The van der Waals surface area contributed by atoms with Crippen LogP contribution in [0.3, 0.4) is 0 Å². The molecule has 2 rings (SSSR count). The quantitative estimate of drug-likeness (QED) is 0.883. The summed E-state index contributed by atoms with van der Waals surface area (Å²) in [5.41, 5.74) is 10.8. The summed E-state index contributed by atoms with van der Waals surface area (Å²) in [4.78, 5) is 4.36. The highest BCUT2D eigenvalue weighted by molar-refractivity contribution is 7.07. The smallest absolute Gasteiger partial charge is 0.0379 e. The predicted molar refractivity (Wildman–Crippen MR) is 68.7 cm³/mol. The van der Waals surface area contributed by atoms with Crippen LogP contribution in [0.25, 0.3) is 0 Å². The molecule has 0 aromatic carbocycles. The van der Waals surface area contributed by atoms with Crippen molar-refractivity contribution in [2.24, 2.45) is 5.73 Å². The Kier molecular flexibility index (Phi) is 3.36. The highest BCUT2D eigenvalue weighted by atomic mass is 32.1. The Hall–Kier alpha value is -1.19. The standard InChI is InChI=1S/C13H16N2S/c1-9-5-12(6-10(2)15-9)13(14)7-11-3-4-16-8-11/h3-6,8,13H,7,14H2,1-2H3. The van der Waals surface area contributed by atoms with Crippen molar-refractivity contribution < 1.29 is 0 Å². The number of rotatable bonds is 3. The SMILES string of the molecule is Cc1cc(C(N)Cc2ccsc2)cc(C)n1. The summed E-state index contributed by atoms with van der Waals surface area (Å²) in [5.74, 6) is 0. The lowest BCUT2D eigenvalue weighted by Gasteiger charge is -2.12. The summed E-state index contributed by atoms with van der Waals surface area (Å²) in [6.07, 6.45) is 0.895. The first-order valence-corrected chi connectivity index (χ1v) is 6.31. The number of thiophene rings is 1. The second-order valence-electron chi connectivity index (χ2n) is 4.13. The van der Waals surface area contributed by atoms with Crippen molar-refractivity contribution in [3.8, 4) is 0 Å². The Morgan fingerprint density at radius 3 is 2.56 bits per heavy atom. The number of nitrogens with zero attached hydrogens (tertiary/aromatic N) is 1. The summed E-state index contributed by atoms with van der Waals surface area (Å²) in [6.45, 7) is 4.02. The Bertz CT molecular complexity index is 443. The van der Waals surface area contributed by atoms with E-state index in [1.807, 2.05) is 13.8 Å². The van der Waals surface area contributed by atoms with E-state index in [0.29, 0.717) is 0 Å². The minimum Gasteiger partial charge on any atom is -0.324 e. The van der Waals surface area contributed by atoms with E-state index < -0.39 is 0 Å². The van der Waals surface area contributed by atoms with Gasteiger partial charge in [0.15, 0.2) is 0 Å². The Labute approximate surface area is 100 Å². The molecular weight excluding hydrogens is 216 g/mol. The molecular formula is C13H16N2S. The molecule has 0 saturated heterocycles. The lowest BCUT2D eigenvalue weighted by atomic mass is 10.0. The van der Waals surface area contributed by atoms with Crippen molar-refractivity contribution in [2.75, 3.05) is 0 Å². The first-order chi connectivity index (χ1) is 7.65.